The van der Waals surface area contributed by atoms with Crippen molar-refractivity contribution in [1.29, 1.82) is 0 Å². The van der Waals surface area contributed by atoms with Crippen LogP contribution in [0.3, 0.4) is 0 Å². The van der Waals surface area contributed by atoms with Crippen LogP contribution in [-0.4, -0.2) is 65.9 Å². The van der Waals surface area contributed by atoms with Crippen LogP contribution in [0.5, 0.6) is 11.5 Å². The molecule has 1 aliphatic heterocycles. The van der Waals surface area contributed by atoms with Crippen molar-refractivity contribution in [2.24, 2.45) is 5.92 Å². The molecule has 12 nitrogen and oxygen atoms in total. The van der Waals surface area contributed by atoms with Gasteiger partial charge in [0, 0.05) is 43.3 Å². The van der Waals surface area contributed by atoms with Gasteiger partial charge < -0.3 is 34.1 Å². The van der Waals surface area contributed by atoms with Crippen LogP contribution >= 0.6 is 0 Å². The van der Waals surface area contributed by atoms with E-state index in [1.807, 2.05) is 72.8 Å². The highest BCUT2D eigenvalue weighted by Gasteiger charge is 2.35. The van der Waals surface area contributed by atoms with Crippen LogP contribution in [0.4, 0.5) is 10.5 Å². The zero-order chi connectivity index (χ0) is 35.5. The van der Waals surface area contributed by atoms with Crippen molar-refractivity contribution in [2.75, 3.05) is 32.7 Å². The fourth-order valence-electron chi connectivity index (χ4n) is 6.06. The highest BCUT2D eigenvalue weighted by atomic mass is 16.5. The average molecular weight is 683 g/mol. The van der Waals surface area contributed by atoms with E-state index in [-0.39, 0.29) is 31.0 Å². The lowest BCUT2D eigenvalue weighted by atomic mass is 9.98. The second kappa shape index (κ2) is 17.2. The van der Waals surface area contributed by atoms with Crippen molar-refractivity contribution in [3.63, 3.8) is 0 Å². The van der Waals surface area contributed by atoms with Gasteiger partial charge in [0.2, 0.25) is 11.8 Å². The third-order valence-corrected chi connectivity index (χ3v) is 8.73. The van der Waals surface area contributed by atoms with Crippen LogP contribution in [-0.2, 0) is 33.9 Å². The van der Waals surface area contributed by atoms with Gasteiger partial charge in [-0.25, -0.2) is 4.79 Å². The summed E-state index contributed by atoms with van der Waals surface area (Å²) < 4.78 is 17.3. The quantitative estimate of drug-likeness (QED) is 0.168. The van der Waals surface area contributed by atoms with Gasteiger partial charge in [-0.3, -0.25) is 19.7 Å². The molecule has 3 amide bonds. The largest absolute Gasteiger partial charge is 0.497 e. The van der Waals surface area contributed by atoms with Gasteiger partial charge in [0.05, 0.1) is 26.9 Å². The Kier molecular flexibility index (Phi) is 12.2. The number of nitrogens with one attached hydrogen (secondary N) is 2. The van der Waals surface area contributed by atoms with Crippen LogP contribution in [0, 0.1) is 5.92 Å². The monoisotopic (exact) mass is 682 g/mol. The predicted molar refractivity (Wildman–Crippen MR) is 187 cm³/mol. The Morgan fingerprint density at radius 1 is 0.920 bits per heavy atom. The van der Waals surface area contributed by atoms with Crippen LogP contribution in [0.15, 0.2) is 102 Å². The number of benzene rings is 3. The second-order valence-electron chi connectivity index (χ2n) is 12.1. The number of aliphatic hydroxyl groups is 1. The standard InChI is InChI=1S/C38H42N4O8/c1-48-31-16-15-29(34(22-31)49-2)23-41-19-17-28(36(41)45)21-30(24-43)39-35(44)33(20-26-10-5-3-6-11-26)42-18-9-14-32(37(42)46)40-38(47)50-25-27-12-7-4-8-13-27/h3-16,18,22,28,30,33,43H,17,19-21,23-25H2,1-2H3,(H,39,44)(H,40,47)/t28-,30-,33-/m0/s1. The van der Waals surface area contributed by atoms with Crippen LogP contribution in [0.25, 0.3) is 0 Å². The zero-order valence-electron chi connectivity index (χ0n) is 28.1. The average Bonchev–Trinajstić information content (AvgIpc) is 3.48. The van der Waals surface area contributed by atoms with Crippen molar-refractivity contribution in [2.45, 2.75) is 44.5 Å². The van der Waals surface area contributed by atoms with Crippen LogP contribution in [0.2, 0.25) is 0 Å². The normalized spacial score (nSPS) is 15.2. The number of hydrogen-bond donors (Lipinski definition) is 3. The Balaban J connectivity index is 1.28. The molecular weight excluding hydrogens is 640 g/mol. The number of likely N-dealkylation sites (tertiary alicyclic amines) is 1. The van der Waals surface area contributed by atoms with E-state index in [4.69, 9.17) is 14.2 Å². The molecule has 0 radical (unpaired) electrons. The van der Waals surface area contributed by atoms with E-state index in [0.717, 1.165) is 16.7 Å². The predicted octanol–water partition coefficient (Wildman–Crippen LogP) is 4.31. The first kappa shape index (κ1) is 35.7. The van der Waals surface area contributed by atoms with Crippen molar-refractivity contribution in [3.05, 3.63) is 124 Å². The minimum Gasteiger partial charge on any atom is -0.497 e. The fraction of sp³-hybridized carbons (Fsp3) is 0.316. The third-order valence-electron chi connectivity index (χ3n) is 8.73. The van der Waals surface area contributed by atoms with Gasteiger partial charge in [-0.2, -0.15) is 0 Å². The second-order valence-corrected chi connectivity index (χ2v) is 12.1. The lowest BCUT2D eigenvalue weighted by molar-refractivity contribution is -0.132. The number of pyridine rings is 1. The van der Waals surface area contributed by atoms with Gasteiger partial charge in [0.15, 0.2) is 0 Å². The molecule has 3 aromatic carbocycles. The fourth-order valence-corrected chi connectivity index (χ4v) is 6.06. The number of methoxy groups -OCH3 is 2. The number of nitrogens with zero attached hydrogens (tertiary/aromatic N) is 2. The molecule has 3 N–H and O–H groups in total. The van der Waals surface area contributed by atoms with E-state index in [1.165, 1.54) is 16.8 Å². The van der Waals surface area contributed by atoms with E-state index < -0.39 is 42.2 Å². The smallest absolute Gasteiger partial charge is 0.412 e. The molecule has 1 aromatic heterocycles. The Morgan fingerprint density at radius 2 is 1.64 bits per heavy atom. The topological polar surface area (TPSA) is 148 Å². The minimum absolute atomic E-state index is 0.0201. The Hall–Kier alpha value is -5.62. The molecule has 0 bridgehead atoms. The molecule has 5 rings (SSSR count). The molecule has 0 saturated carbocycles. The van der Waals surface area contributed by atoms with E-state index in [0.29, 0.717) is 31.0 Å². The van der Waals surface area contributed by atoms with Crippen molar-refractivity contribution in [3.8, 4) is 11.5 Å². The number of amides is 3. The molecule has 1 aliphatic rings. The summed E-state index contributed by atoms with van der Waals surface area (Å²) in [6.45, 7) is 0.491. The molecule has 4 aromatic rings. The third kappa shape index (κ3) is 9.08. The minimum atomic E-state index is -1.03. The van der Waals surface area contributed by atoms with Crippen LogP contribution in [0.1, 0.15) is 35.6 Å². The Bertz CT molecular complexity index is 1810. The first-order valence-electron chi connectivity index (χ1n) is 16.4. The molecule has 1 saturated heterocycles. The van der Waals surface area contributed by atoms with Crippen LogP contribution < -0.4 is 25.7 Å². The molecular formula is C38H42N4O8. The summed E-state index contributed by atoms with van der Waals surface area (Å²) in [5.74, 6) is 0.259. The summed E-state index contributed by atoms with van der Waals surface area (Å²) in [6.07, 6.45) is 1.61. The molecule has 12 heteroatoms. The maximum absolute atomic E-state index is 13.9. The molecule has 0 unspecified atom stereocenters. The van der Waals surface area contributed by atoms with Gasteiger partial charge in [0.1, 0.15) is 29.8 Å². The lowest BCUT2D eigenvalue weighted by Crippen LogP contribution is -2.45. The summed E-state index contributed by atoms with van der Waals surface area (Å²) in [5.41, 5.74) is 1.77. The first-order valence-corrected chi connectivity index (χ1v) is 16.4. The molecule has 262 valence electrons. The van der Waals surface area contributed by atoms with Gasteiger partial charge in [-0.15, -0.1) is 0 Å². The maximum Gasteiger partial charge on any atom is 0.412 e. The van der Waals surface area contributed by atoms with E-state index in [1.54, 1.807) is 31.3 Å². The molecule has 3 atom stereocenters. The molecule has 50 heavy (non-hydrogen) atoms. The summed E-state index contributed by atoms with van der Waals surface area (Å²) in [5, 5.41) is 15.7. The van der Waals surface area contributed by atoms with Gasteiger partial charge in [-0.1, -0.05) is 60.7 Å². The number of aromatic nitrogens is 1. The van der Waals surface area contributed by atoms with E-state index in [2.05, 4.69) is 10.6 Å². The number of aliphatic hydroxyl groups excluding tert-OH is 1. The first-order chi connectivity index (χ1) is 24.3. The summed E-state index contributed by atoms with van der Waals surface area (Å²) in [7, 11) is 3.14. The Morgan fingerprint density at radius 3 is 2.32 bits per heavy atom. The van der Waals surface area contributed by atoms with Gasteiger partial charge in [-0.05, 0) is 48.2 Å². The molecule has 0 spiro atoms. The van der Waals surface area contributed by atoms with E-state index >= 15 is 0 Å². The van der Waals surface area contributed by atoms with Crippen molar-refractivity contribution in [1.82, 2.24) is 14.8 Å². The summed E-state index contributed by atoms with van der Waals surface area (Å²) in [6, 6.07) is 25.0. The highest BCUT2D eigenvalue weighted by molar-refractivity contribution is 5.85. The van der Waals surface area contributed by atoms with Crippen molar-refractivity contribution < 1.29 is 33.7 Å². The maximum atomic E-state index is 13.9. The highest BCUT2D eigenvalue weighted by Crippen LogP contribution is 2.30. The molecule has 0 aliphatic carbocycles. The number of hydrogen-bond acceptors (Lipinski definition) is 8. The summed E-state index contributed by atoms with van der Waals surface area (Å²) in [4.78, 5) is 55.3. The number of carbonyl (C=O) groups excluding carboxylic acids is 3. The number of anilines is 1. The lowest BCUT2D eigenvalue weighted by Gasteiger charge is -2.25. The molecule has 2 heterocycles. The van der Waals surface area contributed by atoms with E-state index in [9.17, 15) is 24.3 Å². The van der Waals surface area contributed by atoms with Crippen molar-refractivity contribution >= 4 is 23.6 Å². The molecule has 1 fully saturated rings. The number of ether oxygens (including phenoxy) is 3. The number of rotatable bonds is 15. The SMILES string of the molecule is COc1ccc(CN2CC[C@@H](C[C@@H](CO)NC(=O)[C@H](Cc3ccccc3)n3cccc(NC(=O)OCc4ccccc4)c3=O)C2=O)c(OC)c1. The zero-order valence-corrected chi connectivity index (χ0v) is 28.1. The summed E-state index contributed by atoms with van der Waals surface area (Å²) >= 11 is 0. The Labute approximate surface area is 290 Å². The van der Waals surface area contributed by atoms with Gasteiger partial charge in [0.25, 0.3) is 5.56 Å². The number of carbonyl (C=O) groups is 3. The van der Waals surface area contributed by atoms with Gasteiger partial charge >= 0.3 is 6.09 Å².